The molecule has 1 unspecified atom stereocenters. The number of anilines is 1. The molecule has 0 fully saturated rings. The van der Waals surface area contributed by atoms with Crippen LogP contribution in [0.2, 0.25) is 0 Å². The molecule has 96 valence electrons. The van der Waals surface area contributed by atoms with Gasteiger partial charge in [0.1, 0.15) is 0 Å². The van der Waals surface area contributed by atoms with Crippen molar-refractivity contribution in [2.45, 2.75) is 19.9 Å². The molecule has 0 aliphatic carbocycles. The van der Waals surface area contributed by atoms with E-state index in [9.17, 15) is 0 Å². The first-order valence-corrected chi connectivity index (χ1v) is 5.99. The number of hydrogen-bond acceptors (Lipinski definition) is 5. The number of hydrogen-bond donors (Lipinski definition) is 1. The number of benzene rings is 1. The summed E-state index contributed by atoms with van der Waals surface area (Å²) in [6.45, 7) is 5.33. The first kappa shape index (κ1) is 12.5. The van der Waals surface area contributed by atoms with Gasteiger partial charge in [0, 0.05) is 12.6 Å². The van der Waals surface area contributed by atoms with E-state index in [0.717, 1.165) is 5.69 Å². The average molecular weight is 247 g/mol. The predicted octanol–water partition coefficient (Wildman–Crippen LogP) is 1.50. The fourth-order valence-electron chi connectivity index (χ4n) is 1.58. The lowest BCUT2D eigenvalue weighted by Crippen LogP contribution is -2.23. The molecule has 6 heteroatoms. The topological polar surface area (TPSA) is 64.9 Å². The maximum Gasteiger partial charge on any atom is 0.248 e. The quantitative estimate of drug-likeness (QED) is 0.838. The Kier molecular flexibility index (Phi) is 4.25. The van der Waals surface area contributed by atoms with Gasteiger partial charge < -0.3 is 10.1 Å². The Hall–Kier alpha value is -1.95. The van der Waals surface area contributed by atoms with Crippen LogP contribution in [0.25, 0.3) is 5.69 Å². The van der Waals surface area contributed by atoms with Crippen LogP contribution in [0, 0.1) is 0 Å². The van der Waals surface area contributed by atoms with Gasteiger partial charge in [0.15, 0.2) is 0 Å². The molecule has 1 aromatic carbocycles. The molecular weight excluding hydrogens is 230 g/mol. The molecule has 1 atom stereocenters. The first-order chi connectivity index (χ1) is 8.81. The van der Waals surface area contributed by atoms with E-state index in [1.165, 1.54) is 0 Å². The number of nitrogens with zero attached hydrogens (tertiary/aromatic N) is 4. The Bertz CT molecular complexity index is 470. The van der Waals surface area contributed by atoms with E-state index in [0.29, 0.717) is 19.2 Å². The fourth-order valence-corrected chi connectivity index (χ4v) is 1.58. The van der Waals surface area contributed by atoms with Crippen molar-refractivity contribution in [2.24, 2.45) is 0 Å². The van der Waals surface area contributed by atoms with E-state index in [2.05, 4.69) is 20.8 Å². The fraction of sp³-hybridized carbons (Fsp3) is 0.417. The third-order valence-corrected chi connectivity index (χ3v) is 2.42. The van der Waals surface area contributed by atoms with Crippen molar-refractivity contribution in [2.75, 3.05) is 18.5 Å². The Morgan fingerprint density at radius 1 is 1.33 bits per heavy atom. The van der Waals surface area contributed by atoms with Crippen LogP contribution in [0.15, 0.2) is 30.3 Å². The molecule has 0 radical (unpaired) electrons. The highest BCUT2D eigenvalue weighted by Gasteiger charge is 2.10. The van der Waals surface area contributed by atoms with Gasteiger partial charge in [-0.25, -0.2) is 0 Å². The zero-order valence-electron chi connectivity index (χ0n) is 10.6. The van der Waals surface area contributed by atoms with Crippen molar-refractivity contribution in [1.29, 1.82) is 0 Å². The Labute approximate surface area is 106 Å². The normalized spacial score (nSPS) is 12.3. The minimum Gasteiger partial charge on any atom is -0.380 e. The highest BCUT2D eigenvalue weighted by Crippen LogP contribution is 2.11. The SMILES string of the molecule is CCOCC(C)Nc1nnnn1-c1ccccc1. The summed E-state index contributed by atoms with van der Waals surface area (Å²) in [5.41, 5.74) is 0.925. The van der Waals surface area contributed by atoms with Gasteiger partial charge >= 0.3 is 0 Å². The number of ether oxygens (including phenoxy) is 1. The van der Waals surface area contributed by atoms with Gasteiger partial charge in [-0.2, -0.15) is 4.68 Å². The van der Waals surface area contributed by atoms with Crippen molar-refractivity contribution in [3.8, 4) is 5.69 Å². The van der Waals surface area contributed by atoms with Crippen molar-refractivity contribution >= 4 is 5.95 Å². The first-order valence-electron chi connectivity index (χ1n) is 5.99. The van der Waals surface area contributed by atoms with Crippen LogP contribution in [0.3, 0.4) is 0 Å². The molecule has 1 heterocycles. The van der Waals surface area contributed by atoms with E-state index >= 15 is 0 Å². The maximum absolute atomic E-state index is 5.35. The highest BCUT2D eigenvalue weighted by molar-refractivity contribution is 5.38. The Morgan fingerprint density at radius 2 is 2.11 bits per heavy atom. The van der Waals surface area contributed by atoms with Gasteiger partial charge in [0.2, 0.25) is 5.95 Å². The third kappa shape index (κ3) is 3.04. The second kappa shape index (κ2) is 6.11. The predicted molar refractivity (Wildman–Crippen MR) is 68.7 cm³/mol. The molecular formula is C12H17N5O. The summed E-state index contributed by atoms with van der Waals surface area (Å²) in [6.07, 6.45) is 0. The van der Waals surface area contributed by atoms with Crippen LogP contribution < -0.4 is 5.32 Å². The number of para-hydroxylation sites is 1. The van der Waals surface area contributed by atoms with Crippen LogP contribution in [0.4, 0.5) is 5.95 Å². The van der Waals surface area contributed by atoms with E-state index in [1.807, 2.05) is 44.2 Å². The summed E-state index contributed by atoms with van der Waals surface area (Å²) in [5, 5.41) is 14.9. The highest BCUT2D eigenvalue weighted by atomic mass is 16.5. The average Bonchev–Trinajstić information content (AvgIpc) is 2.85. The standard InChI is InChI=1S/C12H17N5O/c1-3-18-9-10(2)13-12-14-15-16-17(12)11-7-5-4-6-8-11/h4-8,10H,3,9H2,1-2H3,(H,13,14,16). The minimum atomic E-state index is 0.151. The molecule has 2 aromatic rings. The van der Waals surface area contributed by atoms with Crippen molar-refractivity contribution in [3.63, 3.8) is 0 Å². The summed E-state index contributed by atoms with van der Waals surface area (Å²) in [7, 11) is 0. The zero-order chi connectivity index (χ0) is 12.8. The number of tetrazole rings is 1. The Morgan fingerprint density at radius 3 is 2.83 bits per heavy atom. The minimum absolute atomic E-state index is 0.151. The molecule has 0 saturated carbocycles. The van der Waals surface area contributed by atoms with Crippen LogP contribution >= 0.6 is 0 Å². The van der Waals surface area contributed by atoms with Crippen molar-refractivity contribution < 1.29 is 4.74 Å². The van der Waals surface area contributed by atoms with E-state index in [-0.39, 0.29) is 6.04 Å². The molecule has 1 N–H and O–H groups in total. The molecule has 0 saturated heterocycles. The van der Waals surface area contributed by atoms with Gasteiger partial charge in [-0.1, -0.05) is 23.3 Å². The van der Waals surface area contributed by atoms with Gasteiger partial charge in [-0.05, 0) is 36.4 Å². The summed E-state index contributed by atoms with van der Waals surface area (Å²) >= 11 is 0. The lowest BCUT2D eigenvalue weighted by Gasteiger charge is -2.13. The Balaban J connectivity index is 2.09. The van der Waals surface area contributed by atoms with E-state index < -0.39 is 0 Å². The van der Waals surface area contributed by atoms with Gasteiger partial charge in [-0.3, -0.25) is 0 Å². The molecule has 6 nitrogen and oxygen atoms in total. The van der Waals surface area contributed by atoms with E-state index in [1.54, 1.807) is 4.68 Å². The van der Waals surface area contributed by atoms with Gasteiger partial charge in [-0.15, -0.1) is 0 Å². The third-order valence-electron chi connectivity index (χ3n) is 2.42. The summed E-state index contributed by atoms with van der Waals surface area (Å²) in [4.78, 5) is 0. The van der Waals surface area contributed by atoms with E-state index in [4.69, 9.17) is 4.74 Å². The molecule has 1 aromatic heterocycles. The smallest absolute Gasteiger partial charge is 0.248 e. The number of nitrogens with one attached hydrogen (secondary N) is 1. The number of rotatable bonds is 6. The van der Waals surface area contributed by atoms with Crippen molar-refractivity contribution in [3.05, 3.63) is 30.3 Å². The largest absolute Gasteiger partial charge is 0.380 e. The molecule has 0 amide bonds. The zero-order valence-corrected chi connectivity index (χ0v) is 10.6. The summed E-state index contributed by atoms with van der Waals surface area (Å²) in [6, 6.07) is 9.91. The van der Waals surface area contributed by atoms with Crippen LogP contribution in [-0.4, -0.2) is 39.5 Å². The van der Waals surface area contributed by atoms with Crippen molar-refractivity contribution in [1.82, 2.24) is 20.2 Å². The lowest BCUT2D eigenvalue weighted by atomic mass is 10.3. The van der Waals surface area contributed by atoms with Gasteiger partial charge in [0.05, 0.1) is 12.3 Å². The van der Waals surface area contributed by atoms with Gasteiger partial charge in [0.25, 0.3) is 0 Å². The molecule has 0 aliphatic heterocycles. The maximum atomic E-state index is 5.35. The van der Waals surface area contributed by atoms with Crippen LogP contribution in [0.5, 0.6) is 0 Å². The van der Waals surface area contributed by atoms with Crippen LogP contribution in [0.1, 0.15) is 13.8 Å². The molecule has 0 aliphatic rings. The monoisotopic (exact) mass is 247 g/mol. The molecule has 0 spiro atoms. The number of aromatic nitrogens is 4. The second-order valence-electron chi connectivity index (χ2n) is 3.95. The molecule has 0 bridgehead atoms. The molecule has 18 heavy (non-hydrogen) atoms. The summed E-state index contributed by atoms with van der Waals surface area (Å²) in [5.74, 6) is 0.619. The van der Waals surface area contributed by atoms with Crippen LogP contribution in [-0.2, 0) is 4.74 Å². The second-order valence-corrected chi connectivity index (χ2v) is 3.95. The molecule has 2 rings (SSSR count). The summed E-state index contributed by atoms with van der Waals surface area (Å²) < 4.78 is 7.02. The lowest BCUT2D eigenvalue weighted by molar-refractivity contribution is 0.141.